The van der Waals surface area contributed by atoms with E-state index >= 15 is 0 Å². The fourth-order valence-corrected chi connectivity index (χ4v) is 5.95. The Kier molecular flexibility index (Phi) is 29.5. The largest absolute Gasteiger partial charge is 0.479 e. The molecule has 3 atom stereocenters. The minimum Gasteiger partial charge on any atom is -0.479 e. The molecular formula is C37H76NO5+. The predicted octanol–water partition coefficient (Wildman–Crippen LogP) is 9.70. The standard InChI is InChI=1S/C37H75NO5/c1-6-9-12-14-16-18-20-23-29-36(37(40)41)43-35(32-39)33-42-34(27-22-11-8-3)28-24-26-31-38(4,5)30-25-21-19-17-15-13-10-7-2/h34-36,39H,6-33H2,1-5H3/p+1. The monoisotopic (exact) mass is 615 g/mol. The van der Waals surface area contributed by atoms with Gasteiger partial charge in [-0.05, 0) is 44.9 Å². The summed E-state index contributed by atoms with van der Waals surface area (Å²) in [5, 5.41) is 19.7. The molecule has 2 N–H and O–H groups in total. The number of quaternary nitrogens is 1. The van der Waals surface area contributed by atoms with Crippen molar-refractivity contribution in [3.63, 3.8) is 0 Å². The van der Waals surface area contributed by atoms with Crippen LogP contribution in [0.3, 0.4) is 0 Å². The lowest BCUT2D eigenvalue weighted by atomic mass is 10.0. The maximum atomic E-state index is 11.9. The molecule has 0 fully saturated rings. The summed E-state index contributed by atoms with van der Waals surface area (Å²) in [7, 11) is 4.73. The van der Waals surface area contributed by atoms with Crippen LogP contribution in [0.15, 0.2) is 0 Å². The van der Waals surface area contributed by atoms with Gasteiger partial charge in [0.05, 0.1) is 46.5 Å². The minimum atomic E-state index is -0.936. The highest BCUT2D eigenvalue weighted by molar-refractivity contribution is 5.72. The quantitative estimate of drug-likeness (QED) is 0.0557. The second-order valence-corrected chi connectivity index (χ2v) is 13.8. The van der Waals surface area contributed by atoms with E-state index < -0.39 is 18.2 Å². The summed E-state index contributed by atoms with van der Waals surface area (Å²) in [4.78, 5) is 11.9. The van der Waals surface area contributed by atoms with Crippen LogP contribution in [0.4, 0.5) is 0 Å². The van der Waals surface area contributed by atoms with Crippen molar-refractivity contribution in [1.82, 2.24) is 0 Å². The zero-order valence-electron chi connectivity index (χ0n) is 29.6. The Morgan fingerprint density at radius 2 is 0.977 bits per heavy atom. The van der Waals surface area contributed by atoms with Crippen LogP contribution in [0.5, 0.6) is 0 Å². The summed E-state index contributed by atoms with van der Waals surface area (Å²) in [5.41, 5.74) is 0. The fourth-order valence-electron chi connectivity index (χ4n) is 5.95. The van der Waals surface area contributed by atoms with E-state index in [9.17, 15) is 15.0 Å². The van der Waals surface area contributed by atoms with Gasteiger partial charge in [-0.1, -0.05) is 130 Å². The molecule has 0 aromatic carbocycles. The van der Waals surface area contributed by atoms with Gasteiger partial charge < -0.3 is 24.2 Å². The van der Waals surface area contributed by atoms with Crippen molar-refractivity contribution < 1.29 is 29.0 Å². The van der Waals surface area contributed by atoms with Gasteiger partial charge in [0.25, 0.3) is 0 Å². The van der Waals surface area contributed by atoms with Gasteiger partial charge in [-0.25, -0.2) is 4.79 Å². The van der Waals surface area contributed by atoms with E-state index in [2.05, 4.69) is 34.9 Å². The lowest BCUT2D eigenvalue weighted by molar-refractivity contribution is -0.890. The first-order valence-corrected chi connectivity index (χ1v) is 18.7. The third-order valence-electron chi connectivity index (χ3n) is 8.96. The third kappa shape index (κ3) is 27.4. The predicted molar refractivity (Wildman–Crippen MR) is 183 cm³/mol. The first-order chi connectivity index (χ1) is 20.8. The van der Waals surface area contributed by atoms with Crippen LogP contribution >= 0.6 is 0 Å². The molecule has 0 saturated heterocycles. The Balaban J connectivity index is 4.45. The lowest BCUT2D eigenvalue weighted by Gasteiger charge is -2.30. The van der Waals surface area contributed by atoms with E-state index in [1.165, 1.54) is 116 Å². The number of carbonyl (C=O) groups is 1. The first kappa shape index (κ1) is 42.3. The first-order valence-electron chi connectivity index (χ1n) is 18.7. The van der Waals surface area contributed by atoms with Crippen molar-refractivity contribution in [2.75, 3.05) is 40.4 Å². The normalized spacial score (nSPS) is 14.2. The Morgan fingerprint density at radius 1 is 0.581 bits per heavy atom. The van der Waals surface area contributed by atoms with Crippen molar-refractivity contribution in [1.29, 1.82) is 0 Å². The molecule has 0 aliphatic heterocycles. The molecule has 0 radical (unpaired) electrons. The van der Waals surface area contributed by atoms with E-state index in [1.807, 2.05) is 0 Å². The number of rotatable bonds is 34. The number of aliphatic carboxylic acids is 1. The van der Waals surface area contributed by atoms with Crippen LogP contribution in [0, 0.1) is 0 Å². The SMILES string of the molecule is CCCCCCCCCCC(OC(CO)COC(CCCCC)CCCC[N+](C)(C)CCCCCCCCCC)C(=O)O. The molecule has 0 aliphatic rings. The molecule has 6 nitrogen and oxygen atoms in total. The zero-order chi connectivity index (χ0) is 32.0. The molecule has 6 heteroatoms. The molecular weight excluding hydrogens is 538 g/mol. The smallest absolute Gasteiger partial charge is 0.332 e. The van der Waals surface area contributed by atoms with Gasteiger partial charge in [-0.3, -0.25) is 0 Å². The van der Waals surface area contributed by atoms with Crippen LogP contribution in [-0.2, 0) is 14.3 Å². The summed E-state index contributed by atoms with van der Waals surface area (Å²) in [6.45, 7) is 9.21. The third-order valence-corrected chi connectivity index (χ3v) is 8.96. The second-order valence-electron chi connectivity index (χ2n) is 13.8. The van der Waals surface area contributed by atoms with Crippen molar-refractivity contribution in [2.45, 2.75) is 193 Å². The summed E-state index contributed by atoms with van der Waals surface area (Å²) in [6.07, 6.45) is 27.4. The molecule has 0 amide bonds. The van der Waals surface area contributed by atoms with E-state index in [1.54, 1.807) is 0 Å². The minimum absolute atomic E-state index is 0.142. The van der Waals surface area contributed by atoms with Crippen LogP contribution in [0.1, 0.15) is 175 Å². The molecule has 0 aromatic heterocycles. The highest BCUT2D eigenvalue weighted by Gasteiger charge is 2.24. The molecule has 0 aromatic rings. The molecule has 0 bridgehead atoms. The summed E-state index contributed by atoms with van der Waals surface area (Å²) >= 11 is 0. The molecule has 0 saturated carbocycles. The van der Waals surface area contributed by atoms with Gasteiger partial charge in [0.2, 0.25) is 0 Å². The Morgan fingerprint density at radius 3 is 1.47 bits per heavy atom. The highest BCUT2D eigenvalue weighted by Crippen LogP contribution is 2.18. The van der Waals surface area contributed by atoms with Gasteiger partial charge in [-0.2, -0.15) is 0 Å². The molecule has 0 spiro atoms. The van der Waals surface area contributed by atoms with Gasteiger partial charge in [0.15, 0.2) is 6.10 Å². The van der Waals surface area contributed by atoms with Crippen LogP contribution in [0.25, 0.3) is 0 Å². The maximum Gasteiger partial charge on any atom is 0.332 e. The Hall–Kier alpha value is -0.690. The second kappa shape index (κ2) is 30.0. The number of hydrogen-bond acceptors (Lipinski definition) is 4. The number of nitrogens with zero attached hydrogens (tertiary/aromatic N) is 1. The van der Waals surface area contributed by atoms with Gasteiger partial charge >= 0.3 is 5.97 Å². The van der Waals surface area contributed by atoms with E-state index in [0.29, 0.717) is 6.42 Å². The lowest BCUT2D eigenvalue weighted by Crippen LogP contribution is -2.41. The van der Waals surface area contributed by atoms with Gasteiger partial charge in [0, 0.05) is 0 Å². The number of aliphatic hydroxyl groups is 1. The number of unbranched alkanes of at least 4 members (excludes halogenated alkanes) is 17. The molecule has 258 valence electrons. The van der Waals surface area contributed by atoms with Crippen molar-refractivity contribution >= 4 is 5.97 Å². The number of carboxylic acid groups (broad SMARTS) is 1. The van der Waals surface area contributed by atoms with Crippen molar-refractivity contribution in [3.05, 3.63) is 0 Å². The van der Waals surface area contributed by atoms with Gasteiger partial charge in [0.1, 0.15) is 6.10 Å². The van der Waals surface area contributed by atoms with Crippen LogP contribution < -0.4 is 0 Å². The summed E-state index contributed by atoms with van der Waals surface area (Å²) in [5.74, 6) is -0.936. The van der Waals surface area contributed by atoms with E-state index in [0.717, 1.165) is 49.4 Å². The van der Waals surface area contributed by atoms with E-state index in [-0.39, 0.29) is 19.3 Å². The van der Waals surface area contributed by atoms with Gasteiger partial charge in [-0.15, -0.1) is 0 Å². The molecule has 0 heterocycles. The Bertz CT molecular complexity index is 600. The number of carboxylic acids is 1. The number of hydrogen-bond donors (Lipinski definition) is 2. The molecule has 43 heavy (non-hydrogen) atoms. The summed E-state index contributed by atoms with van der Waals surface area (Å²) in [6, 6.07) is 0. The molecule has 3 unspecified atom stereocenters. The average molecular weight is 615 g/mol. The van der Waals surface area contributed by atoms with Crippen LogP contribution in [0.2, 0.25) is 0 Å². The number of ether oxygens (including phenoxy) is 2. The van der Waals surface area contributed by atoms with E-state index in [4.69, 9.17) is 9.47 Å². The number of aliphatic hydroxyl groups excluding tert-OH is 1. The topological polar surface area (TPSA) is 76.0 Å². The zero-order valence-corrected chi connectivity index (χ0v) is 29.6. The molecule has 0 aliphatic carbocycles. The fraction of sp³-hybridized carbons (Fsp3) is 0.973. The highest BCUT2D eigenvalue weighted by atomic mass is 16.6. The Labute approximate surface area is 268 Å². The van der Waals surface area contributed by atoms with Crippen molar-refractivity contribution in [2.24, 2.45) is 0 Å². The van der Waals surface area contributed by atoms with Crippen molar-refractivity contribution in [3.8, 4) is 0 Å². The maximum absolute atomic E-state index is 11.9. The van der Waals surface area contributed by atoms with Crippen LogP contribution in [-0.4, -0.2) is 79.4 Å². The summed E-state index contributed by atoms with van der Waals surface area (Å²) < 4.78 is 13.2. The molecule has 0 rings (SSSR count). The average Bonchev–Trinajstić information content (AvgIpc) is 2.98.